The van der Waals surface area contributed by atoms with Crippen LogP contribution < -0.4 is 18.9 Å². The average Bonchev–Trinajstić information content (AvgIpc) is 3.97. The lowest BCUT2D eigenvalue weighted by Gasteiger charge is -2.18. The van der Waals surface area contributed by atoms with Crippen molar-refractivity contribution in [3.63, 3.8) is 0 Å². The summed E-state index contributed by atoms with van der Waals surface area (Å²) in [5.41, 5.74) is 3.66. The minimum Gasteiger partial charge on any atom is -0.494 e. The van der Waals surface area contributed by atoms with Gasteiger partial charge in [0, 0.05) is 47.8 Å². The predicted molar refractivity (Wildman–Crippen MR) is 260 cm³/mol. The molecule has 0 aliphatic rings. The summed E-state index contributed by atoms with van der Waals surface area (Å²) in [6.45, 7) is 6.77. The van der Waals surface area contributed by atoms with Crippen molar-refractivity contribution in [2.45, 2.75) is 62.5 Å². The highest BCUT2D eigenvalue weighted by Gasteiger charge is 2.32. The molecule has 8 rings (SSSR count). The molecule has 6 heterocycles. The largest absolute Gasteiger partial charge is 0.494 e. The van der Waals surface area contributed by atoms with Gasteiger partial charge >= 0.3 is 0 Å². The molecule has 0 fully saturated rings. The second-order valence-corrected chi connectivity index (χ2v) is 21.0. The Bertz CT molecular complexity index is 3130. The van der Waals surface area contributed by atoms with E-state index in [1.54, 1.807) is 83.9 Å². The van der Waals surface area contributed by atoms with E-state index in [1.807, 2.05) is 26.0 Å². The number of ether oxygens (including phenoxy) is 4. The molecule has 0 saturated heterocycles. The quantitative estimate of drug-likeness (QED) is 0.0920. The molecule has 6 aromatic heterocycles. The maximum absolute atomic E-state index is 13.4. The second-order valence-electron chi connectivity index (χ2n) is 16.1. The van der Waals surface area contributed by atoms with Crippen molar-refractivity contribution in [3.8, 4) is 57.1 Å². The molecule has 0 saturated carbocycles. The molecule has 0 N–H and O–H groups in total. The number of halogens is 2. The molecule has 0 aliphatic carbocycles. The Kier molecular flexibility index (Phi) is 16.2. The monoisotopic (exact) mass is 1020 g/mol. The van der Waals surface area contributed by atoms with Crippen LogP contribution in [0.2, 0.25) is 0 Å². The van der Waals surface area contributed by atoms with Crippen LogP contribution in [-0.2, 0) is 44.0 Å². The summed E-state index contributed by atoms with van der Waals surface area (Å²) in [5.74, 6) is 1.33. The molecule has 72 heavy (non-hydrogen) atoms. The van der Waals surface area contributed by atoms with Crippen LogP contribution in [0.3, 0.4) is 0 Å². The molecule has 376 valence electrons. The number of para-hydroxylation sites is 2. The Hall–Kier alpha value is -7.86. The van der Waals surface area contributed by atoms with Gasteiger partial charge in [-0.3, -0.25) is 19.1 Å². The van der Waals surface area contributed by atoms with Gasteiger partial charge in [0.2, 0.25) is 0 Å². The Balaban J connectivity index is 0.000000211. The molecule has 0 radical (unpaired) electrons. The van der Waals surface area contributed by atoms with Gasteiger partial charge < -0.3 is 18.9 Å². The van der Waals surface area contributed by atoms with E-state index in [1.165, 1.54) is 28.4 Å². The number of sulfone groups is 2. The molecule has 0 spiro atoms. The highest BCUT2D eigenvalue weighted by atomic mass is 32.2. The molecule has 0 bridgehead atoms. The Labute approximate surface area is 414 Å². The second kappa shape index (κ2) is 22.5. The molecular formula is C48H50F2N12O8S2. The van der Waals surface area contributed by atoms with Gasteiger partial charge in [0.05, 0.1) is 63.7 Å². The number of hydrogen-bond acceptors (Lipinski definition) is 18. The lowest BCUT2D eigenvalue weighted by Crippen LogP contribution is -2.24. The van der Waals surface area contributed by atoms with E-state index in [0.29, 0.717) is 68.5 Å². The fourth-order valence-electron chi connectivity index (χ4n) is 7.49. The molecule has 8 aromatic rings. The van der Waals surface area contributed by atoms with Crippen molar-refractivity contribution >= 4 is 19.7 Å². The Morgan fingerprint density at radius 1 is 0.500 bits per heavy atom. The SMILES string of the molecule is COc1cccc(OC)c1-n1c(CS(=O)(=O)[C@@H](C)Cc2ncc(F)cn2)nnc1-c1cccnc1C.COc1cccc(OC)c1-n1c(CS(=O)(=O)[C@H](C)Cc2ncc(F)cn2)nnc1-c1cccnc1C. The van der Waals surface area contributed by atoms with Crippen LogP contribution in [0.1, 0.15) is 48.5 Å². The number of hydrogen-bond donors (Lipinski definition) is 0. The van der Waals surface area contributed by atoms with Gasteiger partial charge in [0.15, 0.2) is 54.6 Å². The van der Waals surface area contributed by atoms with Crippen molar-refractivity contribution in [3.05, 3.63) is 144 Å². The normalized spacial score (nSPS) is 12.4. The third-order valence-electron chi connectivity index (χ3n) is 11.4. The number of aryl methyl sites for hydroxylation is 2. The average molecular weight is 1030 g/mol. The zero-order chi connectivity index (χ0) is 51.7. The van der Waals surface area contributed by atoms with Crippen LogP contribution in [0, 0.1) is 25.5 Å². The van der Waals surface area contributed by atoms with Gasteiger partial charge in [-0.25, -0.2) is 45.6 Å². The van der Waals surface area contributed by atoms with Crippen molar-refractivity contribution < 1.29 is 44.6 Å². The molecule has 0 unspecified atom stereocenters. The first-order valence-corrected chi connectivity index (χ1v) is 25.4. The summed E-state index contributed by atoms with van der Waals surface area (Å²) in [7, 11) is -1.48. The minimum atomic E-state index is -3.76. The maximum Gasteiger partial charge on any atom is 0.170 e. The Morgan fingerprint density at radius 2 is 0.833 bits per heavy atom. The van der Waals surface area contributed by atoms with E-state index >= 15 is 0 Å². The third-order valence-corrected chi connectivity index (χ3v) is 15.5. The summed E-state index contributed by atoms with van der Waals surface area (Å²) in [6.07, 6.45) is 7.39. The van der Waals surface area contributed by atoms with Crippen LogP contribution in [0.5, 0.6) is 23.0 Å². The smallest absolute Gasteiger partial charge is 0.170 e. The van der Waals surface area contributed by atoms with Crippen LogP contribution in [0.4, 0.5) is 8.78 Å². The molecule has 2 aromatic carbocycles. The Morgan fingerprint density at radius 3 is 1.14 bits per heavy atom. The summed E-state index contributed by atoms with van der Waals surface area (Å²) in [4.78, 5) is 24.2. The van der Waals surface area contributed by atoms with Gasteiger partial charge in [0.25, 0.3) is 0 Å². The number of methoxy groups -OCH3 is 4. The first-order chi connectivity index (χ1) is 34.5. The molecule has 2 atom stereocenters. The van der Waals surface area contributed by atoms with Gasteiger partial charge in [0.1, 0.15) is 57.5 Å². The first-order valence-electron chi connectivity index (χ1n) is 22.0. The van der Waals surface area contributed by atoms with E-state index in [9.17, 15) is 25.6 Å². The van der Waals surface area contributed by atoms with Gasteiger partial charge in [-0.1, -0.05) is 12.1 Å². The fourth-order valence-corrected chi connectivity index (χ4v) is 9.95. The first kappa shape index (κ1) is 52.0. The summed E-state index contributed by atoms with van der Waals surface area (Å²) in [6, 6.07) is 17.7. The summed E-state index contributed by atoms with van der Waals surface area (Å²) >= 11 is 0. The zero-order valence-corrected chi connectivity index (χ0v) is 42.1. The zero-order valence-electron chi connectivity index (χ0n) is 40.4. The van der Waals surface area contributed by atoms with Crippen molar-refractivity contribution in [2.75, 3.05) is 28.4 Å². The third kappa shape index (κ3) is 11.5. The van der Waals surface area contributed by atoms with Crippen molar-refractivity contribution in [2.24, 2.45) is 0 Å². The van der Waals surface area contributed by atoms with Crippen LogP contribution in [0.25, 0.3) is 34.2 Å². The fraction of sp³-hybridized carbons (Fsp3) is 0.292. The number of aromatic nitrogens is 12. The minimum absolute atomic E-state index is 0.0172. The predicted octanol–water partition coefficient (Wildman–Crippen LogP) is 6.26. The lowest BCUT2D eigenvalue weighted by molar-refractivity contribution is 0.390. The van der Waals surface area contributed by atoms with Crippen LogP contribution in [-0.4, -0.2) is 115 Å². The number of rotatable bonds is 18. The molecular weight excluding hydrogens is 975 g/mol. The van der Waals surface area contributed by atoms with Crippen LogP contribution >= 0.6 is 0 Å². The van der Waals surface area contributed by atoms with E-state index in [4.69, 9.17) is 18.9 Å². The van der Waals surface area contributed by atoms with E-state index in [2.05, 4.69) is 50.3 Å². The van der Waals surface area contributed by atoms with Gasteiger partial charge in [-0.15, -0.1) is 20.4 Å². The van der Waals surface area contributed by atoms with E-state index in [-0.39, 0.29) is 36.1 Å². The van der Waals surface area contributed by atoms with E-state index in [0.717, 1.165) is 24.8 Å². The standard InChI is InChI=1S/2C24H25FN6O4S/c2*1-15(11-21-27-12-17(25)13-28-21)36(32,33)14-22-29-30-24(18-7-6-10-26-16(18)2)31(22)23-19(34-3)8-5-9-20(23)35-4/h2*5-10,12-13,15H,11,14H2,1-4H3/t2*15-/m10/s1. The van der Waals surface area contributed by atoms with E-state index < -0.39 is 53.3 Å². The summed E-state index contributed by atoms with van der Waals surface area (Å²) < 4.78 is 105. The molecule has 20 nitrogen and oxygen atoms in total. The molecule has 0 amide bonds. The topological polar surface area (TPSA) is 244 Å². The molecule has 0 aliphatic heterocycles. The van der Waals surface area contributed by atoms with Crippen LogP contribution in [0.15, 0.2) is 97.8 Å². The maximum atomic E-state index is 13.4. The number of benzene rings is 2. The molecule has 24 heteroatoms. The highest BCUT2D eigenvalue weighted by Crippen LogP contribution is 2.39. The lowest BCUT2D eigenvalue weighted by atomic mass is 10.1. The number of nitrogens with zero attached hydrogens (tertiary/aromatic N) is 12. The highest BCUT2D eigenvalue weighted by molar-refractivity contribution is 7.91. The van der Waals surface area contributed by atoms with Crippen molar-refractivity contribution in [1.29, 1.82) is 0 Å². The van der Waals surface area contributed by atoms with Gasteiger partial charge in [-0.2, -0.15) is 0 Å². The van der Waals surface area contributed by atoms with Gasteiger partial charge in [-0.05, 0) is 76.2 Å². The summed E-state index contributed by atoms with van der Waals surface area (Å²) in [5, 5.41) is 15.5. The van der Waals surface area contributed by atoms with Crippen molar-refractivity contribution in [1.82, 2.24) is 59.4 Å². The number of pyridine rings is 2.